The number of nitrogens with two attached hydrogens (primary N) is 1. The van der Waals surface area contributed by atoms with Crippen molar-refractivity contribution in [3.8, 4) is 6.01 Å². The monoisotopic (exact) mass is 240 g/mol. The van der Waals surface area contributed by atoms with E-state index in [1.54, 1.807) is 0 Å². The summed E-state index contributed by atoms with van der Waals surface area (Å²) in [7, 11) is 0. The molecular formula is C10H20N6O. The van der Waals surface area contributed by atoms with E-state index >= 15 is 0 Å². The molecule has 0 spiro atoms. The maximum Gasteiger partial charge on any atom is 0.323 e. The topological polar surface area (TPSA) is 89.2 Å². The molecule has 0 aliphatic rings. The van der Waals surface area contributed by atoms with Gasteiger partial charge in [-0.25, -0.2) is 5.84 Å². The third-order valence-corrected chi connectivity index (χ3v) is 2.12. The van der Waals surface area contributed by atoms with Crippen LogP contribution in [0.5, 0.6) is 6.01 Å². The van der Waals surface area contributed by atoms with E-state index in [0.717, 1.165) is 13.1 Å². The van der Waals surface area contributed by atoms with Gasteiger partial charge in [0.05, 0.1) is 6.10 Å². The maximum absolute atomic E-state index is 5.45. The Hall–Kier alpha value is -1.63. The van der Waals surface area contributed by atoms with Crippen LogP contribution in [0.1, 0.15) is 27.7 Å². The average molecular weight is 240 g/mol. The van der Waals surface area contributed by atoms with E-state index in [1.165, 1.54) is 0 Å². The van der Waals surface area contributed by atoms with Crippen molar-refractivity contribution in [2.45, 2.75) is 33.8 Å². The van der Waals surface area contributed by atoms with Crippen LogP contribution in [0.2, 0.25) is 0 Å². The Bertz CT molecular complexity index is 353. The van der Waals surface area contributed by atoms with E-state index < -0.39 is 0 Å². The summed E-state index contributed by atoms with van der Waals surface area (Å²) in [5.41, 5.74) is 2.42. The van der Waals surface area contributed by atoms with Gasteiger partial charge in [0.15, 0.2) is 0 Å². The minimum absolute atomic E-state index is 0.00702. The number of nitrogens with one attached hydrogen (secondary N) is 1. The zero-order chi connectivity index (χ0) is 12.8. The fraction of sp³-hybridized carbons (Fsp3) is 0.700. The summed E-state index contributed by atoms with van der Waals surface area (Å²) in [4.78, 5) is 14.5. The molecule has 1 heterocycles. The first-order valence-electron chi connectivity index (χ1n) is 5.75. The van der Waals surface area contributed by atoms with Crippen molar-refractivity contribution >= 4 is 11.9 Å². The van der Waals surface area contributed by atoms with Crippen molar-refractivity contribution < 1.29 is 4.74 Å². The number of anilines is 2. The number of hydrogen-bond donors (Lipinski definition) is 2. The molecule has 0 bridgehead atoms. The van der Waals surface area contributed by atoms with E-state index in [-0.39, 0.29) is 12.1 Å². The molecule has 0 unspecified atom stereocenters. The SMILES string of the molecule is CCN(CC)c1nc(NN)nc(OC(C)C)n1. The number of hydrogen-bond acceptors (Lipinski definition) is 7. The first-order valence-corrected chi connectivity index (χ1v) is 5.75. The van der Waals surface area contributed by atoms with Gasteiger partial charge in [0.2, 0.25) is 11.9 Å². The Morgan fingerprint density at radius 2 is 1.88 bits per heavy atom. The van der Waals surface area contributed by atoms with Crippen molar-refractivity contribution in [3.05, 3.63) is 0 Å². The predicted molar refractivity (Wildman–Crippen MR) is 67.0 cm³/mol. The highest BCUT2D eigenvalue weighted by Gasteiger charge is 2.12. The average Bonchev–Trinajstić information content (AvgIpc) is 2.29. The predicted octanol–water partition coefficient (Wildman–Crippen LogP) is 0.791. The quantitative estimate of drug-likeness (QED) is 0.561. The zero-order valence-electron chi connectivity index (χ0n) is 10.8. The Morgan fingerprint density at radius 1 is 1.24 bits per heavy atom. The second-order valence-electron chi connectivity index (χ2n) is 3.72. The Morgan fingerprint density at radius 3 is 2.35 bits per heavy atom. The highest BCUT2D eigenvalue weighted by Crippen LogP contribution is 2.15. The van der Waals surface area contributed by atoms with Gasteiger partial charge in [0, 0.05) is 13.1 Å². The highest BCUT2D eigenvalue weighted by atomic mass is 16.5. The number of nitrogens with zero attached hydrogens (tertiary/aromatic N) is 4. The van der Waals surface area contributed by atoms with Gasteiger partial charge in [-0.1, -0.05) is 0 Å². The molecule has 0 saturated heterocycles. The van der Waals surface area contributed by atoms with Crippen LogP contribution in [0.15, 0.2) is 0 Å². The fourth-order valence-electron chi connectivity index (χ4n) is 1.32. The van der Waals surface area contributed by atoms with Crippen molar-refractivity contribution in [2.75, 3.05) is 23.4 Å². The number of rotatable bonds is 6. The first-order chi connectivity index (χ1) is 8.10. The largest absolute Gasteiger partial charge is 0.461 e. The van der Waals surface area contributed by atoms with Crippen LogP contribution in [0, 0.1) is 0 Å². The fourth-order valence-corrected chi connectivity index (χ4v) is 1.32. The molecule has 0 aliphatic heterocycles. The minimum Gasteiger partial charge on any atom is -0.461 e. The molecule has 0 aliphatic carbocycles. The van der Waals surface area contributed by atoms with Crippen LogP contribution < -0.4 is 20.9 Å². The molecule has 1 aromatic rings. The summed E-state index contributed by atoms with van der Waals surface area (Å²) in [6.45, 7) is 9.52. The summed E-state index contributed by atoms with van der Waals surface area (Å²) >= 11 is 0. The molecule has 0 fully saturated rings. The van der Waals surface area contributed by atoms with Crippen LogP contribution in [-0.2, 0) is 0 Å². The lowest BCUT2D eigenvalue weighted by molar-refractivity contribution is 0.222. The lowest BCUT2D eigenvalue weighted by Gasteiger charge is -2.19. The van der Waals surface area contributed by atoms with Crippen LogP contribution in [-0.4, -0.2) is 34.1 Å². The van der Waals surface area contributed by atoms with Gasteiger partial charge < -0.3 is 9.64 Å². The molecule has 7 nitrogen and oxygen atoms in total. The molecule has 1 rings (SSSR count). The van der Waals surface area contributed by atoms with Gasteiger partial charge in [0.1, 0.15) is 0 Å². The molecule has 0 saturated carbocycles. The van der Waals surface area contributed by atoms with Crippen LogP contribution in [0.25, 0.3) is 0 Å². The van der Waals surface area contributed by atoms with Crippen molar-refractivity contribution in [2.24, 2.45) is 5.84 Å². The highest BCUT2D eigenvalue weighted by molar-refractivity contribution is 5.37. The molecule has 0 atom stereocenters. The molecule has 0 aromatic carbocycles. The Labute approximate surface area is 101 Å². The summed E-state index contributed by atoms with van der Waals surface area (Å²) in [5.74, 6) is 6.19. The number of nitrogen functional groups attached to an aromatic ring is 1. The maximum atomic E-state index is 5.45. The summed E-state index contributed by atoms with van der Waals surface area (Å²) < 4.78 is 5.45. The van der Waals surface area contributed by atoms with Crippen LogP contribution in [0.3, 0.4) is 0 Å². The van der Waals surface area contributed by atoms with Gasteiger partial charge >= 0.3 is 6.01 Å². The smallest absolute Gasteiger partial charge is 0.323 e. The molecular weight excluding hydrogens is 220 g/mol. The van der Waals surface area contributed by atoms with Gasteiger partial charge in [-0.15, -0.1) is 0 Å². The Balaban J connectivity index is 3.03. The molecule has 1 aromatic heterocycles. The summed E-state index contributed by atoms with van der Waals surface area (Å²) in [6, 6.07) is 0.282. The molecule has 17 heavy (non-hydrogen) atoms. The van der Waals surface area contributed by atoms with E-state index in [2.05, 4.69) is 20.4 Å². The third kappa shape index (κ3) is 3.70. The van der Waals surface area contributed by atoms with Crippen LogP contribution in [0.4, 0.5) is 11.9 Å². The summed E-state index contributed by atoms with van der Waals surface area (Å²) in [6.07, 6.45) is 0.00702. The van der Waals surface area contributed by atoms with Gasteiger partial charge in [-0.05, 0) is 27.7 Å². The zero-order valence-corrected chi connectivity index (χ0v) is 10.8. The summed E-state index contributed by atoms with van der Waals surface area (Å²) in [5, 5.41) is 0. The van der Waals surface area contributed by atoms with E-state index in [4.69, 9.17) is 10.6 Å². The minimum atomic E-state index is 0.00702. The lowest BCUT2D eigenvalue weighted by atomic mass is 10.5. The second-order valence-corrected chi connectivity index (χ2v) is 3.72. The van der Waals surface area contributed by atoms with Crippen molar-refractivity contribution in [3.63, 3.8) is 0 Å². The number of aromatic nitrogens is 3. The number of hydrazine groups is 1. The van der Waals surface area contributed by atoms with E-state index in [0.29, 0.717) is 11.9 Å². The Kier molecular flexibility index (Phi) is 4.89. The molecule has 0 amide bonds. The van der Waals surface area contributed by atoms with Crippen molar-refractivity contribution in [1.29, 1.82) is 0 Å². The molecule has 96 valence electrons. The third-order valence-electron chi connectivity index (χ3n) is 2.12. The normalized spacial score (nSPS) is 10.5. The number of ether oxygens (including phenoxy) is 1. The second kappa shape index (κ2) is 6.19. The van der Waals surface area contributed by atoms with E-state index in [9.17, 15) is 0 Å². The van der Waals surface area contributed by atoms with Gasteiger partial charge in [0.25, 0.3) is 0 Å². The van der Waals surface area contributed by atoms with Crippen molar-refractivity contribution in [1.82, 2.24) is 15.0 Å². The molecule has 3 N–H and O–H groups in total. The molecule has 0 radical (unpaired) electrons. The van der Waals surface area contributed by atoms with Gasteiger partial charge in [-0.2, -0.15) is 15.0 Å². The van der Waals surface area contributed by atoms with E-state index in [1.807, 2.05) is 32.6 Å². The van der Waals surface area contributed by atoms with Crippen LogP contribution >= 0.6 is 0 Å². The first kappa shape index (κ1) is 13.4. The molecule has 7 heteroatoms. The lowest BCUT2D eigenvalue weighted by Crippen LogP contribution is -2.26. The van der Waals surface area contributed by atoms with Gasteiger partial charge in [-0.3, -0.25) is 5.43 Å². The standard InChI is InChI=1S/C10H20N6O/c1-5-16(6-2)9-12-8(15-11)13-10(14-9)17-7(3)4/h7H,5-6,11H2,1-4H3,(H,12,13,14,15).